The number of hydrogen-bond acceptors (Lipinski definition) is 1. The Labute approximate surface area is 396 Å². The first-order valence-electron chi connectivity index (χ1n) is 24.3. The fraction of sp³-hybridized carbons (Fsp3) is 0.0299. The van der Waals surface area contributed by atoms with Crippen LogP contribution in [0.15, 0.2) is 217 Å². The minimum absolute atomic E-state index is 0.208. The molecule has 0 N–H and O–H groups in total. The van der Waals surface area contributed by atoms with Gasteiger partial charge in [0, 0.05) is 28.0 Å². The van der Waals surface area contributed by atoms with E-state index in [1.54, 1.807) is 0 Å². The molecule has 14 aromatic rings. The zero-order valence-electron chi connectivity index (χ0n) is 37.4. The van der Waals surface area contributed by atoms with E-state index in [2.05, 4.69) is 217 Å². The Morgan fingerprint density at radius 3 is 1.52 bits per heavy atom. The summed E-state index contributed by atoms with van der Waals surface area (Å²) in [5.74, 6) is 0.208. The topological polar surface area (TPSA) is 17.8 Å². The van der Waals surface area contributed by atoms with Crippen molar-refractivity contribution < 1.29 is 0 Å². The molecular weight excluding hydrogens is 833 g/mol. The van der Waals surface area contributed by atoms with E-state index in [-0.39, 0.29) is 5.92 Å². The summed E-state index contributed by atoms with van der Waals surface area (Å²) in [6.07, 6.45) is 14.8. The van der Waals surface area contributed by atoms with Gasteiger partial charge in [-0.15, -0.1) is 0 Å². The first-order valence-corrected chi connectivity index (χ1v) is 24.3. The molecule has 1 heterocycles. The summed E-state index contributed by atoms with van der Waals surface area (Å²) in [7, 11) is 0. The lowest BCUT2D eigenvalue weighted by Crippen LogP contribution is -2.18. The quantitative estimate of drug-likeness (QED) is 0.161. The van der Waals surface area contributed by atoms with Crippen LogP contribution in [0.1, 0.15) is 22.6 Å². The maximum absolute atomic E-state index is 6.12. The summed E-state index contributed by atoms with van der Waals surface area (Å²) in [6, 6.07) is 66.8. The average molecular weight is 871 g/mol. The molecule has 0 fully saturated rings. The molecule has 1 unspecified atom stereocenters. The second-order valence-electron chi connectivity index (χ2n) is 19.7. The van der Waals surface area contributed by atoms with Crippen LogP contribution in [0.3, 0.4) is 0 Å². The fourth-order valence-electron chi connectivity index (χ4n) is 13.4. The van der Waals surface area contributed by atoms with E-state index >= 15 is 0 Å². The van der Waals surface area contributed by atoms with Crippen molar-refractivity contribution in [1.82, 2.24) is 9.78 Å². The Balaban J connectivity index is 1.08. The molecule has 0 aliphatic heterocycles. The van der Waals surface area contributed by atoms with Crippen molar-refractivity contribution in [2.24, 2.45) is 0 Å². The number of hydrogen-bond donors (Lipinski definition) is 0. The summed E-state index contributed by atoms with van der Waals surface area (Å²) in [5, 5.41) is 28.9. The fourth-order valence-corrected chi connectivity index (χ4v) is 13.4. The van der Waals surface area contributed by atoms with Crippen LogP contribution in [0.5, 0.6) is 0 Å². The van der Waals surface area contributed by atoms with Gasteiger partial charge in [-0.2, -0.15) is 5.10 Å². The first-order chi connectivity index (χ1) is 34.2. The van der Waals surface area contributed by atoms with Crippen LogP contribution in [-0.4, -0.2) is 9.78 Å². The summed E-state index contributed by atoms with van der Waals surface area (Å²) in [4.78, 5) is 0. The Kier molecular flexibility index (Phi) is 6.83. The third-order valence-electron chi connectivity index (χ3n) is 16.4. The Bertz CT molecular complexity index is 4690. The van der Waals surface area contributed by atoms with Crippen molar-refractivity contribution in [3.8, 4) is 39.3 Å². The van der Waals surface area contributed by atoms with Gasteiger partial charge in [-0.05, 0) is 137 Å². The molecule has 0 spiro atoms. The van der Waals surface area contributed by atoms with Crippen LogP contribution in [0, 0.1) is 0 Å². The molecule has 1 atom stereocenters. The molecular formula is C67H38N2. The summed E-state index contributed by atoms with van der Waals surface area (Å²) in [6.45, 7) is 0. The minimum atomic E-state index is 0.208. The van der Waals surface area contributed by atoms with Gasteiger partial charge >= 0.3 is 0 Å². The highest BCUT2D eigenvalue weighted by Gasteiger charge is 2.35. The van der Waals surface area contributed by atoms with E-state index in [9.17, 15) is 0 Å². The smallest absolute Gasteiger partial charge is 0.102 e. The SMILES string of the molecule is C1=CC2=CCc3c(-c4c(-c5ccc6ccc7cccc8ccc5c6c78)c(-c5ccc6ccc7cccc8ccc5c6c78)nn4-c4ccc5ccc6cccc7ccc4c5c67)ccc4c3C2C(=C1)C=C4. The van der Waals surface area contributed by atoms with Crippen LogP contribution < -0.4 is 0 Å². The second kappa shape index (κ2) is 13.0. The standard InChI is InChI=1S/C67H38N2/c1-5-37-13-17-45-24-30-50(49-29-21-41(9-1)57(37)61(45)49)65-66(53-33-25-46-18-14-38-6-2-10-42-22-31-51(53)62(46)58(38)42)68-69(56-36-28-48-20-16-40-8-4-12-44-27-35-55(56)64(48)60(40)44)67(65)54-34-26-47-19-15-39-7-3-11-43-23-32-52(54)63(47)59(39)43/h1-31,33-36,59H,32H2. The Morgan fingerprint density at radius 2 is 0.899 bits per heavy atom. The highest BCUT2D eigenvalue weighted by molar-refractivity contribution is 6.29. The first kappa shape index (κ1) is 36.3. The molecule has 17 rings (SSSR count). The van der Waals surface area contributed by atoms with Crippen molar-refractivity contribution in [1.29, 1.82) is 0 Å². The van der Waals surface area contributed by atoms with Crippen molar-refractivity contribution in [2.75, 3.05) is 0 Å². The number of rotatable bonds is 4. The number of nitrogens with zero attached hydrogens (tertiary/aromatic N) is 2. The van der Waals surface area contributed by atoms with Gasteiger partial charge in [-0.3, -0.25) is 0 Å². The van der Waals surface area contributed by atoms with Crippen LogP contribution in [-0.2, 0) is 6.42 Å². The van der Waals surface area contributed by atoms with E-state index in [4.69, 9.17) is 5.10 Å². The molecule has 0 saturated heterocycles. The van der Waals surface area contributed by atoms with E-state index < -0.39 is 0 Å². The molecule has 69 heavy (non-hydrogen) atoms. The maximum atomic E-state index is 6.12. The summed E-state index contributed by atoms with van der Waals surface area (Å²) >= 11 is 0. The maximum Gasteiger partial charge on any atom is 0.102 e. The molecule has 0 saturated carbocycles. The largest absolute Gasteiger partial charge is 0.231 e. The molecule has 2 heteroatoms. The van der Waals surface area contributed by atoms with Gasteiger partial charge in [0.2, 0.25) is 0 Å². The lowest BCUT2D eigenvalue weighted by atomic mass is 9.70. The minimum Gasteiger partial charge on any atom is -0.231 e. The van der Waals surface area contributed by atoms with Gasteiger partial charge in [-0.1, -0.05) is 206 Å². The predicted molar refractivity (Wildman–Crippen MR) is 292 cm³/mol. The third-order valence-corrected chi connectivity index (χ3v) is 16.4. The third kappa shape index (κ3) is 4.68. The van der Waals surface area contributed by atoms with Crippen molar-refractivity contribution in [3.05, 3.63) is 234 Å². The normalized spacial score (nSPS) is 15.4. The van der Waals surface area contributed by atoms with Crippen molar-refractivity contribution in [2.45, 2.75) is 12.3 Å². The van der Waals surface area contributed by atoms with Crippen molar-refractivity contribution in [3.63, 3.8) is 0 Å². The lowest BCUT2D eigenvalue weighted by Gasteiger charge is -2.34. The van der Waals surface area contributed by atoms with Gasteiger partial charge in [0.15, 0.2) is 0 Å². The average Bonchev–Trinajstić information content (AvgIpc) is 3.79. The Hall–Kier alpha value is -8.85. The molecule has 0 amide bonds. The van der Waals surface area contributed by atoms with Crippen LogP contribution in [0.2, 0.25) is 0 Å². The van der Waals surface area contributed by atoms with Gasteiger partial charge in [0.05, 0.1) is 11.4 Å². The van der Waals surface area contributed by atoms with E-state index in [1.165, 1.54) is 136 Å². The van der Waals surface area contributed by atoms with Gasteiger partial charge in [0.25, 0.3) is 0 Å². The molecule has 3 aliphatic rings. The van der Waals surface area contributed by atoms with E-state index in [0.29, 0.717) is 0 Å². The monoisotopic (exact) mass is 870 g/mol. The zero-order valence-corrected chi connectivity index (χ0v) is 37.4. The summed E-state index contributed by atoms with van der Waals surface area (Å²) in [5.41, 5.74) is 14.8. The second-order valence-corrected chi connectivity index (χ2v) is 19.7. The molecule has 1 aromatic heterocycles. The zero-order chi connectivity index (χ0) is 44.6. The van der Waals surface area contributed by atoms with Gasteiger partial charge in [-0.25, -0.2) is 4.68 Å². The molecule has 0 bridgehead atoms. The van der Waals surface area contributed by atoms with Crippen LogP contribution >= 0.6 is 0 Å². The van der Waals surface area contributed by atoms with Gasteiger partial charge in [0.1, 0.15) is 5.69 Å². The molecule has 0 radical (unpaired) electrons. The molecule has 316 valence electrons. The highest BCUT2D eigenvalue weighted by atomic mass is 15.3. The molecule has 2 nitrogen and oxygen atoms in total. The Morgan fingerprint density at radius 1 is 0.406 bits per heavy atom. The number of aromatic nitrogens is 2. The van der Waals surface area contributed by atoms with Crippen LogP contribution in [0.25, 0.3) is 142 Å². The van der Waals surface area contributed by atoms with E-state index in [0.717, 1.165) is 34.6 Å². The van der Waals surface area contributed by atoms with Crippen molar-refractivity contribution >= 4 is 103 Å². The van der Waals surface area contributed by atoms with E-state index in [1.807, 2.05) is 0 Å². The molecule has 13 aromatic carbocycles. The molecule has 3 aliphatic carbocycles. The highest BCUT2D eigenvalue weighted by Crippen LogP contribution is 2.54. The predicted octanol–water partition coefficient (Wildman–Crippen LogP) is 17.7. The lowest BCUT2D eigenvalue weighted by molar-refractivity contribution is 0.879. The van der Waals surface area contributed by atoms with Crippen LogP contribution in [0.4, 0.5) is 0 Å². The number of allylic oxidation sites excluding steroid dienone is 7. The van der Waals surface area contributed by atoms with Gasteiger partial charge < -0.3 is 0 Å². The summed E-state index contributed by atoms with van der Waals surface area (Å²) < 4.78 is 2.36. The number of benzene rings is 13.